The molecule has 0 saturated carbocycles. The van der Waals surface area contributed by atoms with Gasteiger partial charge in [-0.3, -0.25) is 4.79 Å². The molecule has 0 aliphatic heterocycles. The number of aromatic amines is 1. The zero-order chi connectivity index (χ0) is 13.8. The van der Waals surface area contributed by atoms with E-state index < -0.39 is 0 Å². The summed E-state index contributed by atoms with van der Waals surface area (Å²) in [6.45, 7) is 0. The summed E-state index contributed by atoms with van der Waals surface area (Å²) in [5, 5.41) is 0. The molecule has 0 fully saturated rings. The fourth-order valence-corrected chi connectivity index (χ4v) is 1.77. The molecule has 100 valence electrons. The molecule has 0 spiro atoms. The van der Waals surface area contributed by atoms with Crippen LogP contribution in [0.3, 0.4) is 0 Å². The van der Waals surface area contributed by atoms with Crippen LogP contribution in [0.1, 0.15) is 0 Å². The van der Waals surface area contributed by atoms with Crippen molar-refractivity contribution in [1.29, 1.82) is 0 Å². The lowest BCUT2D eigenvalue weighted by molar-refractivity contribution is 0.377. The Hall–Kier alpha value is -2.50. The monoisotopic (exact) mass is 262 g/mol. The lowest BCUT2D eigenvalue weighted by Gasteiger charge is -2.13. The van der Waals surface area contributed by atoms with Crippen molar-refractivity contribution in [1.82, 2.24) is 9.97 Å². The smallest absolute Gasteiger partial charge is 0.274 e. The highest BCUT2D eigenvalue weighted by Crippen LogP contribution is 2.39. The molecule has 1 aromatic carbocycles. The first kappa shape index (κ1) is 12.9. The highest BCUT2D eigenvalue weighted by molar-refractivity contribution is 5.75. The summed E-state index contributed by atoms with van der Waals surface area (Å²) < 4.78 is 15.7. The minimum Gasteiger partial charge on any atom is -0.496 e. The van der Waals surface area contributed by atoms with E-state index in [4.69, 9.17) is 14.2 Å². The molecule has 0 atom stereocenters. The summed E-state index contributed by atoms with van der Waals surface area (Å²) >= 11 is 0. The number of hydrogen-bond acceptors (Lipinski definition) is 5. The molecular formula is C13H14N2O4. The maximum absolute atomic E-state index is 11.8. The molecule has 1 heterocycles. The van der Waals surface area contributed by atoms with Gasteiger partial charge in [0.25, 0.3) is 5.56 Å². The van der Waals surface area contributed by atoms with Gasteiger partial charge in [0, 0.05) is 24.5 Å². The maximum Gasteiger partial charge on any atom is 0.274 e. The van der Waals surface area contributed by atoms with Crippen LogP contribution in [0.4, 0.5) is 0 Å². The Kier molecular flexibility index (Phi) is 3.70. The summed E-state index contributed by atoms with van der Waals surface area (Å²) in [6, 6.07) is 3.35. The van der Waals surface area contributed by atoms with Gasteiger partial charge in [0.2, 0.25) is 0 Å². The van der Waals surface area contributed by atoms with Crippen LogP contribution >= 0.6 is 0 Å². The largest absolute Gasteiger partial charge is 0.496 e. The van der Waals surface area contributed by atoms with Crippen LogP contribution < -0.4 is 19.8 Å². The van der Waals surface area contributed by atoms with Gasteiger partial charge in [0.15, 0.2) is 0 Å². The third kappa shape index (κ3) is 2.37. The van der Waals surface area contributed by atoms with Crippen molar-refractivity contribution in [3.05, 3.63) is 34.9 Å². The average Bonchev–Trinajstić information content (AvgIpc) is 2.46. The third-order valence-corrected chi connectivity index (χ3v) is 2.66. The number of hydrogen-bond donors (Lipinski definition) is 1. The van der Waals surface area contributed by atoms with Crippen molar-refractivity contribution in [2.24, 2.45) is 0 Å². The predicted octanol–water partition coefficient (Wildman–Crippen LogP) is 1.46. The van der Waals surface area contributed by atoms with Crippen molar-refractivity contribution >= 4 is 0 Å². The molecule has 0 unspecified atom stereocenters. The molecule has 6 nitrogen and oxygen atoms in total. The highest BCUT2D eigenvalue weighted by Gasteiger charge is 2.18. The first-order valence-corrected chi connectivity index (χ1v) is 5.55. The van der Waals surface area contributed by atoms with Gasteiger partial charge in [-0.2, -0.15) is 0 Å². The van der Waals surface area contributed by atoms with Crippen LogP contribution in [-0.2, 0) is 0 Å². The first-order valence-electron chi connectivity index (χ1n) is 5.55. The predicted molar refractivity (Wildman–Crippen MR) is 69.9 cm³/mol. The maximum atomic E-state index is 11.8. The molecule has 0 aliphatic rings. The number of nitrogens with one attached hydrogen (secondary N) is 1. The minimum atomic E-state index is -0.315. The van der Waals surface area contributed by atoms with E-state index in [2.05, 4.69) is 9.97 Å². The molecule has 0 amide bonds. The summed E-state index contributed by atoms with van der Waals surface area (Å²) in [7, 11) is 4.56. The quantitative estimate of drug-likeness (QED) is 0.903. The molecule has 1 aromatic heterocycles. The molecule has 1 N–H and O–H groups in total. The second-order valence-electron chi connectivity index (χ2n) is 3.67. The van der Waals surface area contributed by atoms with E-state index in [1.165, 1.54) is 26.6 Å². The van der Waals surface area contributed by atoms with Crippen LogP contribution in [0, 0.1) is 0 Å². The molecule has 0 aliphatic carbocycles. The van der Waals surface area contributed by atoms with E-state index in [0.717, 1.165) is 0 Å². The zero-order valence-electron chi connectivity index (χ0n) is 10.9. The molecule has 0 saturated heterocycles. The lowest BCUT2D eigenvalue weighted by atomic mass is 10.1. The van der Waals surface area contributed by atoms with Gasteiger partial charge < -0.3 is 19.2 Å². The Bertz CT molecular complexity index is 612. The van der Waals surface area contributed by atoms with E-state index >= 15 is 0 Å². The lowest BCUT2D eigenvalue weighted by Crippen LogP contribution is -2.11. The fourth-order valence-electron chi connectivity index (χ4n) is 1.77. The average molecular weight is 262 g/mol. The summed E-state index contributed by atoms with van der Waals surface area (Å²) in [5.41, 5.74) is 0.413. The third-order valence-electron chi connectivity index (χ3n) is 2.66. The Morgan fingerprint density at radius 2 is 1.68 bits per heavy atom. The molecular weight excluding hydrogens is 248 g/mol. The number of methoxy groups -OCH3 is 3. The second-order valence-corrected chi connectivity index (χ2v) is 3.67. The molecule has 2 aromatic rings. The number of ether oxygens (including phenoxy) is 3. The van der Waals surface area contributed by atoms with Crippen molar-refractivity contribution in [3.63, 3.8) is 0 Å². The zero-order valence-corrected chi connectivity index (χ0v) is 10.9. The van der Waals surface area contributed by atoms with Gasteiger partial charge in [0.05, 0.1) is 26.9 Å². The van der Waals surface area contributed by atoms with Gasteiger partial charge in [-0.15, -0.1) is 0 Å². The van der Waals surface area contributed by atoms with E-state index in [-0.39, 0.29) is 11.3 Å². The second kappa shape index (κ2) is 5.43. The Morgan fingerprint density at radius 3 is 2.16 bits per heavy atom. The molecule has 6 heteroatoms. The number of H-pyrrole nitrogens is 1. The van der Waals surface area contributed by atoms with Gasteiger partial charge in [-0.25, -0.2) is 4.98 Å². The number of nitrogens with zero attached hydrogens (tertiary/aromatic N) is 1. The van der Waals surface area contributed by atoms with Crippen molar-refractivity contribution in [3.8, 4) is 28.5 Å². The van der Waals surface area contributed by atoms with E-state index in [0.29, 0.717) is 22.8 Å². The van der Waals surface area contributed by atoms with Gasteiger partial charge in [-0.05, 0) is 0 Å². The number of aromatic nitrogens is 2. The topological polar surface area (TPSA) is 73.4 Å². The standard InChI is InChI=1S/C13H14N2O4/c1-17-8-6-9(18-2)11(10(7-8)19-3)12-13(16)15-5-4-14-12/h4-7H,1-3H3,(H,15,16). The Labute approximate surface area is 110 Å². The molecule has 0 radical (unpaired) electrons. The van der Waals surface area contributed by atoms with Crippen molar-refractivity contribution in [2.45, 2.75) is 0 Å². The summed E-state index contributed by atoms with van der Waals surface area (Å²) in [5.74, 6) is 1.49. The van der Waals surface area contributed by atoms with Crippen LogP contribution in [-0.4, -0.2) is 31.3 Å². The number of rotatable bonds is 4. The Balaban J connectivity index is 2.74. The van der Waals surface area contributed by atoms with Gasteiger partial charge >= 0.3 is 0 Å². The summed E-state index contributed by atoms with van der Waals surface area (Å²) in [6.07, 6.45) is 2.97. The van der Waals surface area contributed by atoms with Crippen molar-refractivity contribution < 1.29 is 14.2 Å². The van der Waals surface area contributed by atoms with E-state index in [1.807, 2.05) is 0 Å². The SMILES string of the molecule is COc1cc(OC)c(-c2ncc[nH]c2=O)c(OC)c1. The van der Waals surface area contributed by atoms with Crippen LogP contribution in [0.15, 0.2) is 29.3 Å². The van der Waals surface area contributed by atoms with Gasteiger partial charge in [-0.1, -0.05) is 0 Å². The minimum absolute atomic E-state index is 0.235. The molecule has 0 bridgehead atoms. The van der Waals surface area contributed by atoms with Crippen molar-refractivity contribution in [2.75, 3.05) is 21.3 Å². The molecule has 19 heavy (non-hydrogen) atoms. The van der Waals surface area contributed by atoms with E-state index in [1.54, 1.807) is 19.2 Å². The van der Waals surface area contributed by atoms with Gasteiger partial charge in [0.1, 0.15) is 22.9 Å². The highest BCUT2D eigenvalue weighted by atomic mass is 16.5. The van der Waals surface area contributed by atoms with Crippen LogP contribution in [0.5, 0.6) is 17.2 Å². The van der Waals surface area contributed by atoms with Crippen LogP contribution in [0.25, 0.3) is 11.3 Å². The number of benzene rings is 1. The fraction of sp³-hybridized carbons (Fsp3) is 0.231. The first-order chi connectivity index (χ1) is 9.21. The van der Waals surface area contributed by atoms with E-state index in [9.17, 15) is 4.79 Å². The normalized spacial score (nSPS) is 10.1. The molecule has 2 rings (SSSR count). The summed E-state index contributed by atoms with van der Waals surface area (Å²) in [4.78, 5) is 18.5. The Morgan fingerprint density at radius 1 is 1.05 bits per heavy atom. The van der Waals surface area contributed by atoms with Crippen LogP contribution in [0.2, 0.25) is 0 Å².